The molecule has 7 nitrogen and oxygen atoms in total. The molecule has 0 spiro atoms. The molecule has 1 fully saturated rings. The van der Waals surface area contributed by atoms with Gasteiger partial charge < -0.3 is 19.3 Å². The van der Waals surface area contributed by atoms with E-state index in [1.54, 1.807) is 20.8 Å². The maximum Gasteiger partial charge on any atom is 0.410 e. The van der Waals surface area contributed by atoms with Gasteiger partial charge in [-0.1, -0.05) is 5.16 Å². The SMILES string of the molecule is CC(C)(C)OC(=O)N1CCC(Cc2cnoc2)(C(=O)O)C1. The topological polar surface area (TPSA) is 92.9 Å². The molecule has 0 radical (unpaired) electrons. The highest BCUT2D eigenvalue weighted by Gasteiger charge is 2.47. The predicted octanol–water partition coefficient (Wildman–Crippen LogP) is 1.93. The lowest BCUT2D eigenvalue weighted by Gasteiger charge is -2.26. The van der Waals surface area contributed by atoms with Gasteiger partial charge in [-0.2, -0.15) is 0 Å². The highest BCUT2D eigenvalue weighted by molar-refractivity contribution is 5.78. The Morgan fingerprint density at radius 1 is 1.52 bits per heavy atom. The van der Waals surface area contributed by atoms with E-state index in [0.29, 0.717) is 18.5 Å². The Hall–Kier alpha value is -2.05. The first-order valence-electron chi connectivity index (χ1n) is 6.81. The summed E-state index contributed by atoms with van der Waals surface area (Å²) in [7, 11) is 0. The van der Waals surface area contributed by atoms with E-state index in [-0.39, 0.29) is 13.0 Å². The molecule has 21 heavy (non-hydrogen) atoms. The van der Waals surface area contributed by atoms with Gasteiger partial charge in [-0.25, -0.2) is 4.79 Å². The number of aromatic nitrogens is 1. The number of carboxylic acid groups (broad SMARTS) is 1. The van der Waals surface area contributed by atoms with E-state index in [0.717, 1.165) is 0 Å². The van der Waals surface area contributed by atoms with Gasteiger partial charge in [-0.15, -0.1) is 0 Å². The van der Waals surface area contributed by atoms with E-state index in [2.05, 4.69) is 5.16 Å². The van der Waals surface area contributed by atoms with E-state index in [9.17, 15) is 14.7 Å². The lowest BCUT2D eigenvalue weighted by Crippen LogP contribution is -2.40. The summed E-state index contributed by atoms with van der Waals surface area (Å²) in [5.74, 6) is -0.922. The molecule has 2 rings (SSSR count). The van der Waals surface area contributed by atoms with Crippen LogP contribution in [-0.2, 0) is 16.0 Å². The van der Waals surface area contributed by atoms with E-state index in [1.165, 1.54) is 17.4 Å². The Balaban J connectivity index is 2.09. The smallest absolute Gasteiger partial charge is 0.410 e. The third kappa shape index (κ3) is 3.53. The molecule has 0 aliphatic carbocycles. The largest absolute Gasteiger partial charge is 0.481 e. The highest BCUT2D eigenvalue weighted by Crippen LogP contribution is 2.35. The summed E-state index contributed by atoms with van der Waals surface area (Å²) >= 11 is 0. The number of carboxylic acids is 1. The number of carbonyl (C=O) groups is 2. The fraction of sp³-hybridized carbons (Fsp3) is 0.643. The van der Waals surface area contributed by atoms with Crippen molar-refractivity contribution in [3.05, 3.63) is 18.0 Å². The van der Waals surface area contributed by atoms with Crippen LogP contribution in [0.25, 0.3) is 0 Å². The minimum atomic E-state index is -1.01. The Bertz CT molecular complexity index is 520. The quantitative estimate of drug-likeness (QED) is 0.916. The van der Waals surface area contributed by atoms with Crippen molar-refractivity contribution in [3.8, 4) is 0 Å². The minimum absolute atomic E-state index is 0.127. The van der Waals surface area contributed by atoms with Crippen LogP contribution in [0, 0.1) is 5.41 Å². The maximum atomic E-state index is 12.1. The van der Waals surface area contributed by atoms with Crippen LogP contribution in [-0.4, -0.2) is 45.9 Å². The average molecular weight is 296 g/mol. The van der Waals surface area contributed by atoms with Crippen LogP contribution in [0.3, 0.4) is 0 Å². The van der Waals surface area contributed by atoms with Crippen molar-refractivity contribution in [3.63, 3.8) is 0 Å². The number of carbonyl (C=O) groups excluding carboxylic acids is 1. The third-order valence-corrected chi connectivity index (χ3v) is 3.49. The molecule has 1 aromatic rings. The molecule has 1 N–H and O–H groups in total. The van der Waals surface area contributed by atoms with E-state index < -0.39 is 23.1 Å². The molecule has 7 heteroatoms. The van der Waals surface area contributed by atoms with Gasteiger partial charge in [0.05, 0.1) is 11.6 Å². The van der Waals surface area contributed by atoms with E-state index >= 15 is 0 Å². The fourth-order valence-electron chi connectivity index (χ4n) is 2.45. The molecule has 116 valence electrons. The number of hydrogen-bond acceptors (Lipinski definition) is 5. The van der Waals surface area contributed by atoms with E-state index in [4.69, 9.17) is 9.26 Å². The van der Waals surface area contributed by atoms with Gasteiger partial charge in [-0.05, 0) is 33.6 Å². The Morgan fingerprint density at radius 3 is 2.76 bits per heavy atom. The normalized spacial score (nSPS) is 22.3. The van der Waals surface area contributed by atoms with Gasteiger partial charge in [0.25, 0.3) is 0 Å². The van der Waals surface area contributed by atoms with Crippen LogP contribution >= 0.6 is 0 Å². The molecule has 0 bridgehead atoms. The molecular formula is C14H20N2O5. The zero-order valence-corrected chi connectivity index (χ0v) is 12.5. The monoisotopic (exact) mass is 296 g/mol. The second kappa shape index (κ2) is 5.38. The van der Waals surface area contributed by atoms with Gasteiger partial charge in [0.2, 0.25) is 0 Å². The van der Waals surface area contributed by atoms with Crippen LogP contribution in [0.15, 0.2) is 17.0 Å². The van der Waals surface area contributed by atoms with Crippen molar-refractivity contribution in [2.75, 3.05) is 13.1 Å². The van der Waals surface area contributed by atoms with Gasteiger partial charge >= 0.3 is 12.1 Å². The van der Waals surface area contributed by atoms with Gasteiger partial charge in [0, 0.05) is 18.7 Å². The van der Waals surface area contributed by atoms with Crippen molar-refractivity contribution in [1.29, 1.82) is 0 Å². The molecule has 2 heterocycles. The molecule has 0 saturated carbocycles. The second-order valence-corrected chi connectivity index (χ2v) is 6.45. The van der Waals surface area contributed by atoms with Crippen molar-refractivity contribution in [1.82, 2.24) is 10.1 Å². The van der Waals surface area contributed by atoms with Crippen molar-refractivity contribution in [2.24, 2.45) is 5.41 Å². The van der Waals surface area contributed by atoms with Crippen LogP contribution in [0.5, 0.6) is 0 Å². The van der Waals surface area contributed by atoms with Crippen molar-refractivity contribution < 1.29 is 24.0 Å². The molecule has 1 aromatic heterocycles. The summed E-state index contributed by atoms with van der Waals surface area (Å²) in [5, 5.41) is 13.1. The van der Waals surface area contributed by atoms with Crippen molar-refractivity contribution >= 4 is 12.1 Å². The minimum Gasteiger partial charge on any atom is -0.481 e. The van der Waals surface area contributed by atoms with Crippen LogP contribution in [0.1, 0.15) is 32.8 Å². The predicted molar refractivity (Wildman–Crippen MR) is 72.7 cm³/mol. The van der Waals surface area contributed by atoms with Crippen LogP contribution < -0.4 is 0 Å². The summed E-state index contributed by atoms with van der Waals surface area (Å²) in [4.78, 5) is 25.2. The molecule has 1 unspecified atom stereocenters. The first kappa shape index (κ1) is 15.3. The third-order valence-electron chi connectivity index (χ3n) is 3.49. The summed E-state index contributed by atoms with van der Waals surface area (Å²) in [6.07, 6.45) is 3.12. The lowest BCUT2D eigenvalue weighted by molar-refractivity contribution is -0.148. The number of ether oxygens (including phenoxy) is 1. The zero-order valence-electron chi connectivity index (χ0n) is 12.5. The fourth-order valence-corrected chi connectivity index (χ4v) is 2.45. The molecule has 1 atom stereocenters. The molecule has 0 aromatic carbocycles. The first-order valence-corrected chi connectivity index (χ1v) is 6.81. The molecular weight excluding hydrogens is 276 g/mol. The van der Waals surface area contributed by atoms with Gasteiger partial charge in [0.15, 0.2) is 0 Å². The zero-order chi connectivity index (χ0) is 15.7. The second-order valence-electron chi connectivity index (χ2n) is 6.45. The van der Waals surface area contributed by atoms with Crippen molar-refractivity contribution in [2.45, 2.75) is 39.2 Å². The van der Waals surface area contributed by atoms with E-state index in [1.807, 2.05) is 0 Å². The summed E-state index contributed by atoms with van der Waals surface area (Å²) in [5.41, 5.74) is -0.897. The van der Waals surface area contributed by atoms with Crippen LogP contribution in [0.4, 0.5) is 4.79 Å². The molecule has 1 saturated heterocycles. The highest BCUT2D eigenvalue weighted by atomic mass is 16.6. The Morgan fingerprint density at radius 2 is 2.24 bits per heavy atom. The summed E-state index contributed by atoms with van der Waals surface area (Å²) in [6.45, 7) is 5.84. The molecule has 1 amide bonds. The molecule has 1 aliphatic heterocycles. The lowest BCUT2D eigenvalue weighted by atomic mass is 9.81. The number of likely N-dealkylation sites (tertiary alicyclic amines) is 1. The average Bonchev–Trinajstić information content (AvgIpc) is 2.97. The first-order chi connectivity index (χ1) is 9.72. The van der Waals surface area contributed by atoms with Gasteiger partial charge in [-0.3, -0.25) is 4.79 Å². The van der Waals surface area contributed by atoms with Gasteiger partial charge in [0.1, 0.15) is 11.9 Å². The Kier molecular flexibility index (Phi) is 3.93. The Labute approximate surface area is 122 Å². The number of amides is 1. The summed E-state index contributed by atoms with van der Waals surface area (Å²) in [6, 6.07) is 0. The number of rotatable bonds is 3. The number of aliphatic carboxylic acids is 1. The number of nitrogens with zero attached hydrogens (tertiary/aromatic N) is 2. The van der Waals surface area contributed by atoms with Crippen LogP contribution in [0.2, 0.25) is 0 Å². The maximum absolute atomic E-state index is 12.1. The standard InChI is InChI=1S/C14H20N2O5/c1-13(2,3)21-12(19)16-5-4-14(9-16,11(17)18)6-10-7-15-20-8-10/h7-8H,4-6,9H2,1-3H3,(H,17,18). The molecule has 1 aliphatic rings. The summed E-state index contributed by atoms with van der Waals surface area (Å²) < 4.78 is 10.0. The number of hydrogen-bond donors (Lipinski definition) is 1.